The third-order valence-electron chi connectivity index (χ3n) is 4.35. The van der Waals surface area contributed by atoms with Crippen LogP contribution in [0.15, 0.2) is 0 Å². The fourth-order valence-corrected chi connectivity index (χ4v) is 3.19. The average Bonchev–Trinajstić information content (AvgIpc) is 2.34. The van der Waals surface area contributed by atoms with E-state index in [0.29, 0.717) is 12.0 Å². The maximum Gasteiger partial charge on any atom is 0.243 e. The van der Waals surface area contributed by atoms with E-state index in [1.807, 2.05) is 4.90 Å². The van der Waals surface area contributed by atoms with Crippen LogP contribution in [0.3, 0.4) is 0 Å². The number of hydrogen-bond donors (Lipinski definition) is 0. The summed E-state index contributed by atoms with van der Waals surface area (Å²) in [6.45, 7) is 9.88. The molecule has 0 N–H and O–H groups in total. The van der Waals surface area contributed by atoms with E-state index in [1.165, 1.54) is 0 Å². The van der Waals surface area contributed by atoms with E-state index >= 15 is 0 Å². The van der Waals surface area contributed by atoms with Gasteiger partial charge in [-0.3, -0.25) is 9.69 Å². The Morgan fingerprint density at radius 2 is 1.83 bits per heavy atom. The molecule has 0 unspecified atom stereocenters. The van der Waals surface area contributed by atoms with Gasteiger partial charge in [-0.2, -0.15) is 5.26 Å². The van der Waals surface area contributed by atoms with Crippen LogP contribution in [-0.2, 0) is 4.79 Å². The third kappa shape index (κ3) is 2.24. The minimum atomic E-state index is -0.695. The van der Waals surface area contributed by atoms with Gasteiger partial charge in [0.15, 0.2) is 0 Å². The molecule has 0 bridgehead atoms. The molecule has 4 heteroatoms. The fraction of sp³-hybridized carbons (Fsp3) is 0.857. The summed E-state index contributed by atoms with van der Waals surface area (Å²) in [5.74, 6) is 0.594. The van der Waals surface area contributed by atoms with Crippen molar-refractivity contribution >= 4 is 5.91 Å². The molecular weight excluding hydrogens is 226 g/mol. The first-order valence-electron chi connectivity index (χ1n) is 6.93. The molecule has 1 saturated carbocycles. The Morgan fingerprint density at radius 1 is 1.28 bits per heavy atom. The molecule has 1 saturated heterocycles. The van der Waals surface area contributed by atoms with Crippen LogP contribution in [0, 0.1) is 22.7 Å². The first-order chi connectivity index (χ1) is 8.48. The average molecular weight is 249 g/mol. The molecule has 2 rings (SSSR count). The number of rotatable bonds is 2. The summed E-state index contributed by atoms with van der Waals surface area (Å²) < 4.78 is 0. The van der Waals surface area contributed by atoms with Gasteiger partial charge in [-0.25, -0.2) is 0 Å². The number of amides is 1. The molecule has 2 aliphatic rings. The van der Waals surface area contributed by atoms with Crippen LogP contribution in [0.5, 0.6) is 0 Å². The Bertz CT molecular complexity index is 358. The predicted molar refractivity (Wildman–Crippen MR) is 69.7 cm³/mol. The maximum absolute atomic E-state index is 12.4. The fourth-order valence-electron chi connectivity index (χ4n) is 3.19. The predicted octanol–water partition coefficient (Wildman–Crippen LogP) is 1.48. The highest BCUT2D eigenvalue weighted by atomic mass is 16.2. The van der Waals surface area contributed by atoms with Gasteiger partial charge in [-0.05, 0) is 32.6 Å². The molecule has 0 aromatic heterocycles. The van der Waals surface area contributed by atoms with Crippen LogP contribution in [0.2, 0.25) is 0 Å². The zero-order chi connectivity index (χ0) is 13.3. The molecule has 18 heavy (non-hydrogen) atoms. The standard InChI is InChI=1S/C14H23N3O/c1-11(2)16-4-6-17(7-5-16)13(18)14(10-15)8-12(3)9-14/h11-12H,4-9H2,1-3H3. The summed E-state index contributed by atoms with van der Waals surface area (Å²) in [4.78, 5) is 16.7. The normalized spacial score (nSPS) is 33.1. The number of carbonyl (C=O) groups excluding carboxylic acids is 1. The number of nitriles is 1. The lowest BCUT2D eigenvalue weighted by molar-refractivity contribution is -0.147. The van der Waals surface area contributed by atoms with Crippen LogP contribution in [0.4, 0.5) is 0 Å². The van der Waals surface area contributed by atoms with Crippen molar-refractivity contribution in [2.24, 2.45) is 11.3 Å². The number of carbonyl (C=O) groups is 1. The maximum atomic E-state index is 12.4. The SMILES string of the molecule is CC1CC(C#N)(C(=O)N2CCN(C(C)C)CC2)C1. The molecule has 4 nitrogen and oxygen atoms in total. The quantitative estimate of drug-likeness (QED) is 0.744. The van der Waals surface area contributed by atoms with Crippen molar-refractivity contribution in [1.82, 2.24) is 9.80 Å². The minimum absolute atomic E-state index is 0.0755. The molecule has 1 aliphatic heterocycles. The molecule has 2 fully saturated rings. The highest BCUT2D eigenvalue weighted by molar-refractivity contribution is 5.86. The molecule has 0 radical (unpaired) electrons. The summed E-state index contributed by atoms with van der Waals surface area (Å²) in [5.41, 5.74) is -0.695. The lowest BCUT2D eigenvalue weighted by Crippen LogP contribution is -2.56. The van der Waals surface area contributed by atoms with E-state index in [1.54, 1.807) is 0 Å². The van der Waals surface area contributed by atoms with Gasteiger partial charge in [0.1, 0.15) is 5.41 Å². The van der Waals surface area contributed by atoms with Crippen molar-refractivity contribution in [2.75, 3.05) is 26.2 Å². The molecule has 100 valence electrons. The van der Waals surface area contributed by atoms with Crippen molar-refractivity contribution in [3.05, 3.63) is 0 Å². The van der Waals surface area contributed by atoms with Crippen LogP contribution >= 0.6 is 0 Å². The summed E-state index contributed by atoms with van der Waals surface area (Å²) in [5, 5.41) is 9.29. The Kier molecular flexibility index (Phi) is 3.63. The van der Waals surface area contributed by atoms with E-state index in [0.717, 1.165) is 39.0 Å². The second-order valence-electron chi connectivity index (χ2n) is 6.13. The first kappa shape index (κ1) is 13.4. The third-order valence-corrected chi connectivity index (χ3v) is 4.35. The van der Waals surface area contributed by atoms with Crippen molar-refractivity contribution in [3.63, 3.8) is 0 Å². The molecule has 1 aliphatic carbocycles. The Labute approximate surface area is 110 Å². The highest BCUT2D eigenvalue weighted by Gasteiger charge is 2.50. The Balaban J connectivity index is 1.94. The van der Waals surface area contributed by atoms with Gasteiger partial charge in [-0.1, -0.05) is 6.92 Å². The van der Waals surface area contributed by atoms with E-state index in [9.17, 15) is 10.1 Å². The van der Waals surface area contributed by atoms with Crippen molar-refractivity contribution in [2.45, 2.75) is 39.7 Å². The monoisotopic (exact) mass is 249 g/mol. The van der Waals surface area contributed by atoms with Gasteiger partial charge in [0.2, 0.25) is 5.91 Å². The van der Waals surface area contributed by atoms with Crippen LogP contribution in [-0.4, -0.2) is 47.9 Å². The van der Waals surface area contributed by atoms with Crippen LogP contribution in [0.25, 0.3) is 0 Å². The largest absolute Gasteiger partial charge is 0.339 e. The number of piperazine rings is 1. The van der Waals surface area contributed by atoms with Gasteiger partial charge in [-0.15, -0.1) is 0 Å². The topological polar surface area (TPSA) is 47.3 Å². The molecule has 0 aromatic rings. The van der Waals surface area contributed by atoms with E-state index in [-0.39, 0.29) is 5.91 Å². The lowest BCUT2D eigenvalue weighted by atomic mass is 9.62. The molecule has 1 amide bonds. The van der Waals surface area contributed by atoms with Crippen molar-refractivity contribution in [3.8, 4) is 6.07 Å². The zero-order valence-corrected chi connectivity index (χ0v) is 11.6. The first-order valence-corrected chi connectivity index (χ1v) is 6.93. The molecule has 0 aromatic carbocycles. The minimum Gasteiger partial charge on any atom is -0.339 e. The van der Waals surface area contributed by atoms with Crippen LogP contribution in [0.1, 0.15) is 33.6 Å². The lowest BCUT2D eigenvalue weighted by Gasteiger charge is -2.45. The molecule has 0 atom stereocenters. The van der Waals surface area contributed by atoms with Gasteiger partial charge >= 0.3 is 0 Å². The smallest absolute Gasteiger partial charge is 0.243 e. The second kappa shape index (κ2) is 4.89. The highest BCUT2D eigenvalue weighted by Crippen LogP contribution is 2.46. The Hall–Kier alpha value is -1.08. The number of hydrogen-bond acceptors (Lipinski definition) is 3. The number of nitrogens with zero attached hydrogens (tertiary/aromatic N) is 3. The van der Waals surface area contributed by atoms with Crippen LogP contribution < -0.4 is 0 Å². The molecular formula is C14H23N3O. The summed E-state index contributed by atoms with van der Waals surface area (Å²) >= 11 is 0. The Morgan fingerprint density at radius 3 is 2.22 bits per heavy atom. The van der Waals surface area contributed by atoms with E-state index < -0.39 is 5.41 Å². The summed E-state index contributed by atoms with van der Waals surface area (Å²) in [6.07, 6.45) is 1.49. The van der Waals surface area contributed by atoms with Crippen molar-refractivity contribution in [1.29, 1.82) is 5.26 Å². The molecule has 1 heterocycles. The molecule has 0 spiro atoms. The zero-order valence-electron chi connectivity index (χ0n) is 11.6. The second-order valence-corrected chi connectivity index (χ2v) is 6.13. The van der Waals surface area contributed by atoms with Gasteiger partial charge < -0.3 is 4.90 Å². The van der Waals surface area contributed by atoms with Gasteiger partial charge in [0.05, 0.1) is 6.07 Å². The summed E-state index contributed by atoms with van der Waals surface area (Å²) in [6, 6.07) is 2.81. The van der Waals surface area contributed by atoms with E-state index in [2.05, 4.69) is 31.7 Å². The van der Waals surface area contributed by atoms with E-state index in [4.69, 9.17) is 0 Å². The van der Waals surface area contributed by atoms with Gasteiger partial charge in [0, 0.05) is 32.2 Å². The van der Waals surface area contributed by atoms with Crippen molar-refractivity contribution < 1.29 is 4.79 Å². The van der Waals surface area contributed by atoms with Gasteiger partial charge in [0.25, 0.3) is 0 Å². The summed E-state index contributed by atoms with van der Waals surface area (Å²) in [7, 11) is 0.